The van der Waals surface area contributed by atoms with Gasteiger partial charge < -0.3 is 14.6 Å². The first-order chi connectivity index (χ1) is 17.4. The van der Waals surface area contributed by atoms with Crippen LogP contribution in [0.1, 0.15) is 24.1 Å². The molecule has 36 heavy (non-hydrogen) atoms. The Bertz CT molecular complexity index is 1510. The number of rotatable bonds is 6. The maximum absolute atomic E-state index is 13.5. The maximum Gasteiger partial charge on any atom is 0.301 e. The summed E-state index contributed by atoms with van der Waals surface area (Å²) in [5.74, 6) is -1.51. The molecule has 1 amide bonds. The summed E-state index contributed by atoms with van der Waals surface area (Å²) >= 11 is 1.23. The predicted octanol–water partition coefficient (Wildman–Crippen LogP) is 5.47. The Morgan fingerprint density at radius 3 is 2.58 bits per heavy atom. The molecule has 0 aliphatic carbocycles. The van der Waals surface area contributed by atoms with E-state index in [-0.39, 0.29) is 16.3 Å². The van der Waals surface area contributed by atoms with Gasteiger partial charge in [0, 0.05) is 11.1 Å². The molecule has 5 rings (SSSR count). The molecular weight excluding hydrogens is 483 g/mol. The molecule has 0 saturated carbocycles. The van der Waals surface area contributed by atoms with Crippen LogP contribution in [-0.2, 0) is 9.59 Å². The number of fused-ring (bicyclic) bond motifs is 1. The zero-order chi connectivity index (χ0) is 25.4. The van der Waals surface area contributed by atoms with E-state index in [1.807, 2.05) is 13.0 Å². The lowest BCUT2D eigenvalue weighted by atomic mass is 9.94. The number of para-hydroxylation sites is 1. The van der Waals surface area contributed by atoms with Crippen molar-refractivity contribution in [2.75, 3.05) is 18.6 Å². The number of thiazole rings is 1. The minimum Gasteiger partial charge on any atom is -0.507 e. The summed E-state index contributed by atoms with van der Waals surface area (Å²) in [6, 6.07) is 16.4. The predicted molar refractivity (Wildman–Crippen MR) is 135 cm³/mol. The largest absolute Gasteiger partial charge is 0.507 e. The minimum absolute atomic E-state index is 0.134. The van der Waals surface area contributed by atoms with E-state index in [1.165, 1.54) is 47.6 Å². The third-order valence-electron chi connectivity index (χ3n) is 5.86. The zero-order valence-electron chi connectivity index (χ0n) is 19.4. The van der Waals surface area contributed by atoms with Crippen LogP contribution in [0.5, 0.6) is 11.5 Å². The number of aliphatic hydroxyl groups is 1. The van der Waals surface area contributed by atoms with Crippen molar-refractivity contribution in [1.82, 2.24) is 4.98 Å². The van der Waals surface area contributed by atoms with E-state index in [4.69, 9.17) is 9.47 Å². The molecule has 182 valence electrons. The van der Waals surface area contributed by atoms with E-state index in [0.717, 1.165) is 4.70 Å². The van der Waals surface area contributed by atoms with Gasteiger partial charge in [-0.1, -0.05) is 29.5 Å². The summed E-state index contributed by atoms with van der Waals surface area (Å²) < 4.78 is 25.4. The second-order valence-corrected chi connectivity index (χ2v) is 8.99. The van der Waals surface area contributed by atoms with Gasteiger partial charge in [0.25, 0.3) is 5.78 Å². The van der Waals surface area contributed by atoms with E-state index in [1.54, 1.807) is 36.4 Å². The number of aliphatic hydroxyl groups excluding tert-OH is 1. The molecule has 0 bridgehead atoms. The average Bonchev–Trinajstić information content (AvgIpc) is 3.42. The first-order valence-corrected chi connectivity index (χ1v) is 12.0. The number of aromatic nitrogens is 1. The van der Waals surface area contributed by atoms with Crippen LogP contribution in [0.25, 0.3) is 16.0 Å². The van der Waals surface area contributed by atoms with E-state index in [2.05, 4.69) is 4.98 Å². The Hall–Kier alpha value is -4.24. The lowest BCUT2D eigenvalue weighted by Gasteiger charge is -2.24. The van der Waals surface area contributed by atoms with Gasteiger partial charge in [-0.15, -0.1) is 0 Å². The first-order valence-electron chi connectivity index (χ1n) is 11.2. The third kappa shape index (κ3) is 3.97. The summed E-state index contributed by atoms with van der Waals surface area (Å²) in [6.07, 6.45) is 0. The Labute approximate surface area is 210 Å². The molecule has 1 atom stereocenters. The first kappa shape index (κ1) is 23.5. The lowest BCUT2D eigenvalue weighted by molar-refractivity contribution is -0.132. The quantitative estimate of drug-likeness (QED) is 0.213. The van der Waals surface area contributed by atoms with Gasteiger partial charge in [0.1, 0.15) is 29.1 Å². The van der Waals surface area contributed by atoms with Crippen molar-refractivity contribution in [1.29, 1.82) is 0 Å². The van der Waals surface area contributed by atoms with E-state index >= 15 is 0 Å². The maximum atomic E-state index is 13.5. The van der Waals surface area contributed by atoms with Crippen LogP contribution in [0.15, 0.2) is 72.3 Å². The Balaban J connectivity index is 1.72. The zero-order valence-corrected chi connectivity index (χ0v) is 20.2. The van der Waals surface area contributed by atoms with Gasteiger partial charge >= 0.3 is 5.91 Å². The lowest BCUT2D eigenvalue weighted by Crippen LogP contribution is -2.29. The number of ketones is 1. The number of benzene rings is 3. The number of methoxy groups -OCH3 is 1. The standard InChI is InChI=1S/C27H21FN2O5S/c1-3-35-17-12-13-19-21(14-17)36-27(29-19)30-23(18-6-4-5-7-20(18)34-2)22(25(32)26(30)33)24(31)15-8-10-16(28)11-9-15/h4-14,23,31H,3H2,1-2H3/b24-22+. The molecule has 1 aliphatic heterocycles. The normalized spacial score (nSPS) is 17.1. The highest BCUT2D eigenvalue weighted by molar-refractivity contribution is 7.22. The summed E-state index contributed by atoms with van der Waals surface area (Å²) in [6.45, 7) is 2.39. The van der Waals surface area contributed by atoms with Gasteiger partial charge in [0.15, 0.2) is 5.13 Å². The Morgan fingerprint density at radius 1 is 1.11 bits per heavy atom. The van der Waals surface area contributed by atoms with Crippen LogP contribution in [0, 0.1) is 5.82 Å². The van der Waals surface area contributed by atoms with Gasteiger partial charge in [-0.2, -0.15) is 0 Å². The number of carbonyl (C=O) groups is 2. The second kappa shape index (κ2) is 9.43. The smallest absolute Gasteiger partial charge is 0.301 e. The SMILES string of the molecule is CCOc1ccc2nc(N3C(=O)C(=O)/C(=C(/O)c4ccc(F)cc4)C3c3ccccc3OC)sc2c1. The third-order valence-corrected chi connectivity index (χ3v) is 6.88. The molecule has 9 heteroatoms. The fourth-order valence-electron chi connectivity index (χ4n) is 4.23. The molecule has 7 nitrogen and oxygen atoms in total. The fourth-order valence-corrected chi connectivity index (χ4v) is 5.25. The van der Waals surface area contributed by atoms with Gasteiger partial charge in [-0.05, 0) is 55.5 Å². The molecule has 1 aliphatic rings. The van der Waals surface area contributed by atoms with Crippen LogP contribution >= 0.6 is 11.3 Å². The number of amides is 1. The molecule has 1 N–H and O–H groups in total. The fraction of sp³-hybridized carbons (Fsp3) is 0.148. The number of hydrogen-bond donors (Lipinski definition) is 1. The molecule has 1 unspecified atom stereocenters. The molecular formula is C27H21FN2O5S. The van der Waals surface area contributed by atoms with Crippen LogP contribution in [0.2, 0.25) is 0 Å². The van der Waals surface area contributed by atoms with Crippen molar-refractivity contribution in [3.05, 3.63) is 89.2 Å². The molecule has 0 radical (unpaired) electrons. The van der Waals surface area contributed by atoms with Crippen molar-refractivity contribution < 1.29 is 28.6 Å². The summed E-state index contributed by atoms with van der Waals surface area (Å²) in [5, 5.41) is 11.5. The van der Waals surface area contributed by atoms with Gasteiger partial charge in [-0.25, -0.2) is 9.37 Å². The number of carbonyl (C=O) groups excluding carboxylic acids is 2. The van der Waals surface area contributed by atoms with E-state index in [0.29, 0.717) is 29.2 Å². The van der Waals surface area contributed by atoms with Gasteiger partial charge in [0.2, 0.25) is 0 Å². The number of halogens is 1. The van der Waals surface area contributed by atoms with Gasteiger partial charge in [-0.3, -0.25) is 14.5 Å². The number of nitrogens with zero attached hydrogens (tertiary/aromatic N) is 2. The average molecular weight is 505 g/mol. The summed E-state index contributed by atoms with van der Waals surface area (Å²) in [7, 11) is 1.48. The monoisotopic (exact) mass is 504 g/mol. The van der Waals surface area contributed by atoms with Crippen molar-refractivity contribution in [2.24, 2.45) is 0 Å². The van der Waals surface area contributed by atoms with Gasteiger partial charge in [0.05, 0.1) is 29.5 Å². The molecule has 1 saturated heterocycles. The molecule has 4 aromatic rings. The minimum atomic E-state index is -1.02. The molecule has 1 fully saturated rings. The highest BCUT2D eigenvalue weighted by Gasteiger charge is 2.49. The summed E-state index contributed by atoms with van der Waals surface area (Å²) in [4.78, 5) is 32.6. The number of Topliss-reactive ketones (excluding diaryl/α,β-unsaturated/α-hetero) is 1. The van der Waals surface area contributed by atoms with Crippen LogP contribution in [0.3, 0.4) is 0 Å². The van der Waals surface area contributed by atoms with Crippen molar-refractivity contribution in [2.45, 2.75) is 13.0 Å². The van der Waals surface area contributed by atoms with Crippen LogP contribution in [-0.4, -0.2) is 35.5 Å². The van der Waals surface area contributed by atoms with E-state index < -0.39 is 29.3 Å². The van der Waals surface area contributed by atoms with Crippen molar-refractivity contribution in [3.63, 3.8) is 0 Å². The number of anilines is 1. The number of hydrogen-bond acceptors (Lipinski definition) is 7. The van der Waals surface area contributed by atoms with E-state index in [9.17, 15) is 19.1 Å². The highest BCUT2D eigenvalue weighted by Crippen LogP contribution is 2.46. The van der Waals surface area contributed by atoms with Crippen LogP contribution in [0.4, 0.5) is 9.52 Å². The molecule has 2 heterocycles. The topological polar surface area (TPSA) is 89.0 Å². The van der Waals surface area contributed by atoms with Crippen LogP contribution < -0.4 is 14.4 Å². The Morgan fingerprint density at radius 2 is 1.86 bits per heavy atom. The van der Waals surface area contributed by atoms with Crippen molar-refractivity contribution in [3.8, 4) is 11.5 Å². The molecule has 0 spiro atoms. The van der Waals surface area contributed by atoms with Crippen molar-refractivity contribution >= 4 is 44.1 Å². The Kier molecular flexibility index (Phi) is 6.15. The number of ether oxygens (including phenoxy) is 2. The molecule has 3 aromatic carbocycles. The summed E-state index contributed by atoms with van der Waals surface area (Å²) in [5.41, 5.74) is 1.21. The highest BCUT2D eigenvalue weighted by atomic mass is 32.1. The second-order valence-electron chi connectivity index (χ2n) is 7.98. The molecule has 1 aromatic heterocycles.